The molecule has 0 aliphatic carbocycles. The average molecular weight is 308 g/mol. The first-order valence-corrected chi connectivity index (χ1v) is 7.68. The molecule has 0 unspecified atom stereocenters. The van der Waals surface area contributed by atoms with Gasteiger partial charge in [-0.15, -0.1) is 11.8 Å². The number of hydrogen-bond acceptors (Lipinski definition) is 5. The van der Waals surface area contributed by atoms with Crippen LogP contribution in [0.25, 0.3) is 0 Å². The lowest BCUT2D eigenvalue weighted by Gasteiger charge is -2.14. The summed E-state index contributed by atoms with van der Waals surface area (Å²) in [6.07, 6.45) is 0. The van der Waals surface area contributed by atoms with E-state index in [1.807, 2.05) is 0 Å². The van der Waals surface area contributed by atoms with E-state index < -0.39 is 5.97 Å². The van der Waals surface area contributed by atoms with Crippen molar-refractivity contribution in [1.29, 1.82) is 0 Å². The molecule has 1 saturated heterocycles. The molecule has 0 aromatic heterocycles. The van der Waals surface area contributed by atoms with Crippen molar-refractivity contribution in [3.63, 3.8) is 0 Å². The maximum atomic E-state index is 11.8. The Morgan fingerprint density at radius 1 is 1.33 bits per heavy atom. The van der Waals surface area contributed by atoms with E-state index in [1.165, 1.54) is 16.7 Å². The zero-order chi connectivity index (χ0) is 15.2. The van der Waals surface area contributed by atoms with Gasteiger partial charge in [0.2, 0.25) is 11.8 Å². The lowest BCUT2D eigenvalue weighted by atomic mass is 10.2. The number of nitrogens with zero attached hydrogens (tertiary/aromatic N) is 1. The third kappa shape index (κ3) is 4.22. The van der Waals surface area contributed by atoms with E-state index in [0.717, 1.165) is 0 Å². The molecule has 1 aromatic carbocycles. The third-order valence-corrected chi connectivity index (χ3v) is 3.78. The van der Waals surface area contributed by atoms with Crippen LogP contribution in [0.4, 0.5) is 5.69 Å². The van der Waals surface area contributed by atoms with Crippen LogP contribution in [0.3, 0.4) is 0 Å². The normalized spacial score (nSPS) is 14.1. The first-order valence-electron chi connectivity index (χ1n) is 6.52. The lowest BCUT2D eigenvalue weighted by molar-refractivity contribution is -0.130. The van der Waals surface area contributed by atoms with Crippen LogP contribution in [0.5, 0.6) is 0 Å². The van der Waals surface area contributed by atoms with Crippen molar-refractivity contribution < 1.29 is 19.1 Å². The van der Waals surface area contributed by atoms with E-state index in [1.54, 1.807) is 31.2 Å². The molecule has 1 heterocycles. The Morgan fingerprint density at radius 3 is 2.62 bits per heavy atom. The van der Waals surface area contributed by atoms with Gasteiger partial charge >= 0.3 is 5.97 Å². The second-order valence-corrected chi connectivity index (χ2v) is 5.37. The Bertz CT molecular complexity index is 544. The van der Waals surface area contributed by atoms with E-state index >= 15 is 0 Å². The molecule has 0 spiro atoms. The molecule has 1 fully saturated rings. The van der Waals surface area contributed by atoms with Crippen LogP contribution in [0.1, 0.15) is 17.3 Å². The van der Waals surface area contributed by atoms with Gasteiger partial charge in [0, 0.05) is 5.69 Å². The summed E-state index contributed by atoms with van der Waals surface area (Å²) in [7, 11) is 0. The summed E-state index contributed by atoms with van der Waals surface area (Å²) in [6, 6.07) is 6.43. The minimum Gasteiger partial charge on any atom is -0.462 e. The van der Waals surface area contributed by atoms with Crippen molar-refractivity contribution in [1.82, 2.24) is 4.90 Å². The highest BCUT2D eigenvalue weighted by atomic mass is 32.2. The number of carbonyl (C=O) groups is 3. The first kappa shape index (κ1) is 15.4. The Morgan fingerprint density at radius 2 is 2.05 bits per heavy atom. The van der Waals surface area contributed by atoms with Crippen LogP contribution < -0.4 is 5.32 Å². The van der Waals surface area contributed by atoms with Gasteiger partial charge in [0.15, 0.2) is 0 Å². The third-order valence-electron chi connectivity index (χ3n) is 2.84. The fourth-order valence-electron chi connectivity index (χ4n) is 1.82. The van der Waals surface area contributed by atoms with Crippen molar-refractivity contribution in [2.24, 2.45) is 0 Å². The van der Waals surface area contributed by atoms with Gasteiger partial charge in [0.05, 0.1) is 23.8 Å². The predicted octanol–water partition coefficient (Wildman–Crippen LogP) is 1.33. The Balaban J connectivity index is 1.89. The molecular weight excluding hydrogens is 292 g/mol. The molecule has 112 valence electrons. The number of amides is 2. The highest BCUT2D eigenvalue weighted by Crippen LogP contribution is 2.15. The zero-order valence-corrected chi connectivity index (χ0v) is 12.4. The molecule has 1 aromatic rings. The van der Waals surface area contributed by atoms with E-state index in [4.69, 9.17) is 4.74 Å². The van der Waals surface area contributed by atoms with Crippen LogP contribution >= 0.6 is 11.8 Å². The average Bonchev–Trinajstić information content (AvgIpc) is 2.85. The molecule has 0 saturated carbocycles. The van der Waals surface area contributed by atoms with Crippen molar-refractivity contribution in [3.8, 4) is 0 Å². The smallest absolute Gasteiger partial charge is 0.338 e. The van der Waals surface area contributed by atoms with Crippen LogP contribution in [0, 0.1) is 0 Å². The molecule has 1 aliphatic heterocycles. The minimum atomic E-state index is -0.393. The largest absolute Gasteiger partial charge is 0.462 e. The van der Waals surface area contributed by atoms with Gasteiger partial charge in [-0.05, 0) is 31.2 Å². The van der Waals surface area contributed by atoms with E-state index in [-0.39, 0.29) is 18.4 Å². The Kier molecular flexibility index (Phi) is 5.21. The topological polar surface area (TPSA) is 75.7 Å². The molecule has 2 rings (SSSR count). The summed E-state index contributed by atoms with van der Waals surface area (Å²) < 4.78 is 4.88. The maximum absolute atomic E-state index is 11.8. The summed E-state index contributed by atoms with van der Waals surface area (Å²) in [4.78, 5) is 36.2. The number of hydrogen-bond donors (Lipinski definition) is 1. The van der Waals surface area contributed by atoms with Crippen LogP contribution in [-0.2, 0) is 14.3 Å². The second-order valence-electron chi connectivity index (χ2n) is 4.42. The highest BCUT2D eigenvalue weighted by Gasteiger charge is 2.22. The zero-order valence-electron chi connectivity index (χ0n) is 11.6. The summed E-state index contributed by atoms with van der Waals surface area (Å²) >= 11 is 1.49. The lowest BCUT2D eigenvalue weighted by Crippen LogP contribution is -2.34. The summed E-state index contributed by atoms with van der Waals surface area (Å²) in [5.41, 5.74) is 1.01. The number of thioether (sulfide) groups is 1. The van der Waals surface area contributed by atoms with Gasteiger partial charge < -0.3 is 15.0 Å². The molecule has 0 atom stereocenters. The molecule has 1 N–H and O–H groups in total. The standard InChI is InChI=1S/C14H16N2O4S/c1-2-20-14(19)10-3-5-11(6-4-10)15-12(17)7-16-9-21-8-13(16)18/h3-6H,2,7-9H2,1H3,(H,15,17). The van der Waals surface area contributed by atoms with Gasteiger partial charge in [-0.1, -0.05) is 0 Å². The Labute approximate surface area is 126 Å². The number of benzene rings is 1. The van der Waals surface area contributed by atoms with E-state index in [0.29, 0.717) is 29.5 Å². The fraction of sp³-hybridized carbons (Fsp3) is 0.357. The predicted molar refractivity (Wildman–Crippen MR) is 80.1 cm³/mol. The van der Waals surface area contributed by atoms with Gasteiger partial charge in [-0.2, -0.15) is 0 Å². The first-order chi connectivity index (χ1) is 10.1. The number of esters is 1. The van der Waals surface area contributed by atoms with E-state index in [9.17, 15) is 14.4 Å². The molecule has 0 radical (unpaired) electrons. The quantitative estimate of drug-likeness (QED) is 0.831. The molecule has 0 bridgehead atoms. The van der Waals surface area contributed by atoms with Gasteiger partial charge in [0.25, 0.3) is 0 Å². The van der Waals surface area contributed by atoms with Crippen molar-refractivity contribution in [3.05, 3.63) is 29.8 Å². The van der Waals surface area contributed by atoms with Gasteiger partial charge in [-0.25, -0.2) is 4.79 Å². The minimum absolute atomic E-state index is 0.0205. The summed E-state index contributed by atoms with van der Waals surface area (Å²) in [5.74, 6) is 0.313. The van der Waals surface area contributed by atoms with Gasteiger partial charge in [0.1, 0.15) is 6.54 Å². The molecule has 7 heteroatoms. The number of carbonyl (C=O) groups excluding carboxylic acids is 3. The summed E-state index contributed by atoms with van der Waals surface area (Å²) in [5, 5.41) is 2.69. The fourth-order valence-corrected chi connectivity index (χ4v) is 2.72. The van der Waals surface area contributed by atoms with Crippen molar-refractivity contribution in [2.45, 2.75) is 6.92 Å². The SMILES string of the molecule is CCOC(=O)c1ccc(NC(=O)CN2CSCC2=O)cc1. The van der Waals surface area contributed by atoms with Crippen molar-refractivity contribution >= 4 is 35.2 Å². The highest BCUT2D eigenvalue weighted by molar-refractivity contribution is 8.00. The molecule has 21 heavy (non-hydrogen) atoms. The maximum Gasteiger partial charge on any atom is 0.338 e. The van der Waals surface area contributed by atoms with E-state index in [2.05, 4.69) is 5.32 Å². The molecule has 1 aliphatic rings. The van der Waals surface area contributed by atoms with Crippen LogP contribution in [0.2, 0.25) is 0 Å². The second kappa shape index (κ2) is 7.12. The molecular formula is C14H16N2O4S. The monoisotopic (exact) mass is 308 g/mol. The molecule has 2 amide bonds. The number of rotatable bonds is 5. The van der Waals surface area contributed by atoms with Gasteiger partial charge in [-0.3, -0.25) is 9.59 Å². The van der Waals surface area contributed by atoms with Crippen LogP contribution in [0.15, 0.2) is 24.3 Å². The molecule has 6 nitrogen and oxygen atoms in total. The summed E-state index contributed by atoms with van der Waals surface area (Å²) in [6.45, 7) is 2.11. The Hall–Kier alpha value is -2.02. The number of ether oxygens (including phenoxy) is 1. The van der Waals surface area contributed by atoms with Crippen molar-refractivity contribution in [2.75, 3.05) is 30.1 Å². The van der Waals surface area contributed by atoms with Crippen LogP contribution in [-0.4, -0.2) is 47.5 Å². The number of anilines is 1. The number of nitrogens with one attached hydrogen (secondary N) is 1.